The summed E-state index contributed by atoms with van der Waals surface area (Å²) in [5.41, 5.74) is 0.832. The molecule has 22 heavy (non-hydrogen) atoms. The first-order valence-corrected chi connectivity index (χ1v) is 7.80. The monoisotopic (exact) mass is 302 g/mol. The maximum absolute atomic E-state index is 12.4. The minimum Gasteiger partial charge on any atom is -0.350 e. The van der Waals surface area contributed by atoms with Crippen LogP contribution in [-0.4, -0.2) is 59.8 Å². The van der Waals surface area contributed by atoms with Gasteiger partial charge in [0.05, 0.1) is 24.1 Å². The van der Waals surface area contributed by atoms with Crippen molar-refractivity contribution < 1.29 is 9.59 Å². The number of carbonyl (C=O) groups excluding carboxylic acids is 2. The number of pyridine rings is 1. The Labute approximate surface area is 130 Å². The Morgan fingerprint density at radius 2 is 2.00 bits per heavy atom. The highest BCUT2D eigenvalue weighted by molar-refractivity contribution is 5.92. The van der Waals surface area contributed by atoms with Crippen LogP contribution in [0.4, 0.5) is 0 Å². The molecule has 1 aliphatic carbocycles. The van der Waals surface area contributed by atoms with Gasteiger partial charge >= 0.3 is 0 Å². The third kappa shape index (κ3) is 3.44. The quantitative estimate of drug-likeness (QED) is 0.857. The zero-order valence-corrected chi connectivity index (χ0v) is 12.9. The molecule has 1 N–H and O–H groups in total. The summed E-state index contributed by atoms with van der Waals surface area (Å²) in [4.78, 5) is 32.8. The Bertz CT molecular complexity index is 540. The van der Waals surface area contributed by atoms with E-state index in [-0.39, 0.29) is 23.7 Å². The Morgan fingerprint density at radius 3 is 2.68 bits per heavy atom. The molecule has 2 unspecified atom stereocenters. The normalized spacial score (nSPS) is 24.9. The lowest BCUT2D eigenvalue weighted by atomic mass is 10.2. The molecule has 0 bridgehead atoms. The molecule has 1 aliphatic heterocycles. The SMILES string of the molecule is CN1CCN(C(=O)C2CC2C(=O)NCc2ccccn2)CC1. The molecule has 0 radical (unpaired) electrons. The third-order valence-corrected chi connectivity index (χ3v) is 4.43. The fourth-order valence-corrected chi connectivity index (χ4v) is 2.83. The lowest BCUT2D eigenvalue weighted by Crippen LogP contribution is -2.48. The largest absolute Gasteiger partial charge is 0.350 e. The molecule has 0 spiro atoms. The van der Waals surface area contributed by atoms with E-state index in [9.17, 15) is 9.59 Å². The van der Waals surface area contributed by atoms with E-state index in [1.54, 1.807) is 6.20 Å². The third-order valence-electron chi connectivity index (χ3n) is 4.43. The topological polar surface area (TPSA) is 65.5 Å². The van der Waals surface area contributed by atoms with Crippen molar-refractivity contribution in [2.24, 2.45) is 11.8 Å². The molecule has 2 fully saturated rings. The van der Waals surface area contributed by atoms with Crippen LogP contribution in [0.5, 0.6) is 0 Å². The standard InChI is InChI=1S/C16H22N4O2/c1-19-6-8-20(9-7-19)16(22)14-10-13(14)15(21)18-11-12-4-2-3-5-17-12/h2-5,13-14H,6-11H2,1H3,(H,18,21). The lowest BCUT2D eigenvalue weighted by Gasteiger charge is -2.32. The highest BCUT2D eigenvalue weighted by Gasteiger charge is 2.49. The van der Waals surface area contributed by atoms with Crippen LogP contribution >= 0.6 is 0 Å². The highest BCUT2D eigenvalue weighted by atomic mass is 16.2. The van der Waals surface area contributed by atoms with Gasteiger partial charge in [-0.05, 0) is 25.6 Å². The van der Waals surface area contributed by atoms with Gasteiger partial charge in [-0.15, -0.1) is 0 Å². The second-order valence-corrected chi connectivity index (χ2v) is 6.12. The van der Waals surface area contributed by atoms with Crippen molar-refractivity contribution in [3.8, 4) is 0 Å². The van der Waals surface area contributed by atoms with Gasteiger partial charge in [0.1, 0.15) is 0 Å². The van der Waals surface area contributed by atoms with E-state index < -0.39 is 0 Å². The number of nitrogens with one attached hydrogen (secondary N) is 1. The van der Waals surface area contributed by atoms with E-state index in [0.717, 1.165) is 31.9 Å². The van der Waals surface area contributed by atoms with Gasteiger partial charge in [0.15, 0.2) is 0 Å². The molecular weight excluding hydrogens is 280 g/mol. The Balaban J connectivity index is 1.45. The second kappa shape index (κ2) is 6.44. The van der Waals surface area contributed by atoms with Crippen molar-refractivity contribution in [1.82, 2.24) is 20.1 Å². The molecule has 1 aromatic heterocycles. The molecule has 2 heterocycles. The molecule has 118 valence electrons. The number of rotatable bonds is 4. The number of likely N-dealkylation sites (N-methyl/N-ethyl adjacent to an activating group) is 1. The van der Waals surface area contributed by atoms with Gasteiger partial charge in [-0.25, -0.2) is 0 Å². The average Bonchev–Trinajstić information content (AvgIpc) is 3.34. The molecule has 3 rings (SSSR count). The molecule has 2 aliphatic rings. The Hall–Kier alpha value is -1.95. The lowest BCUT2D eigenvalue weighted by molar-refractivity contribution is -0.136. The number of piperazine rings is 1. The molecule has 1 saturated heterocycles. The first kappa shape index (κ1) is 15.0. The fourth-order valence-electron chi connectivity index (χ4n) is 2.83. The van der Waals surface area contributed by atoms with E-state index in [1.165, 1.54) is 0 Å². The number of aromatic nitrogens is 1. The Kier molecular flexibility index (Phi) is 4.38. The Morgan fingerprint density at radius 1 is 1.23 bits per heavy atom. The van der Waals surface area contributed by atoms with Gasteiger partial charge < -0.3 is 15.1 Å². The predicted octanol–water partition coefficient (Wildman–Crippen LogP) is 0.108. The van der Waals surface area contributed by atoms with Gasteiger partial charge in [0, 0.05) is 32.4 Å². The summed E-state index contributed by atoms with van der Waals surface area (Å²) < 4.78 is 0. The molecule has 0 aromatic carbocycles. The fraction of sp³-hybridized carbons (Fsp3) is 0.562. The van der Waals surface area contributed by atoms with Crippen molar-refractivity contribution >= 4 is 11.8 Å². The van der Waals surface area contributed by atoms with Gasteiger partial charge in [-0.3, -0.25) is 14.6 Å². The molecular formula is C16H22N4O2. The summed E-state index contributed by atoms with van der Waals surface area (Å²) in [5.74, 6) is -0.160. The van der Waals surface area contributed by atoms with Crippen LogP contribution < -0.4 is 5.32 Å². The average molecular weight is 302 g/mol. The second-order valence-electron chi connectivity index (χ2n) is 6.12. The zero-order valence-electron chi connectivity index (χ0n) is 12.9. The van der Waals surface area contributed by atoms with Crippen molar-refractivity contribution in [3.63, 3.8) is 0 Å². The number of nitrogens with zero attached hydrogens (tertiary/aromatic N) is 3. The van der Waals surface area contributed by atoms with Crippen LogP contribution in [0, 0.1) is 11.8 Å². The molecule has 2 atom stereocenters. The van der Waals surface area contributed by atoms with Crippen LogP contribution in [0.1, 0.15) is 12.1 Å². The maximum Gasteiger partial charge on any atom is 0.226 e. The number of amides is 2. The molecule has 6 heteroatoms. The van der Waals surface area contributed by atoms with Crippen molar-refractivity contribution in [3.05, 3.63) is 30.1 Å². The number of hydrogen-bond acceptors (Lipinski definition) is 4. The first-order valence-electron chi connectivity index (χ1n) is 7.80. The smallest absolute Gasteiger partial charge is 0.226 e. The zero-order chi connectivity index (χ0) is 15.5. The van der Waals surface area contributed by atoms with E-state index >= 15 is 0 Å². The summed E-state index contributed by atoms with van der Waals surface area (Å²) in [7, 11) is 2.06. The number of hydrogen-bond donors (Lipinski definition) is 1. The van der Waals surface area contributed by atoms with Crippen LogP contribution in [-0.2, 0) is 16.1 Å². The van der Waals surface area contributed by atoms with Crippen molar-refractivity contribution in [2.45, 2.75) is 13.0 Å². The molecule has 1 aromatic rings. The van der Waals surface area contributed by atoms with Crippen LogP contribution in [0.3, 0.4) is 0 Å². The maximum atomic E-state index is 12.4. The summed E-state index contributed by atoms with van der Waals surface area (Å²) in [6.07, 6.45) is 2.39. The van der Waals surface area contributed by atoms with Gasteiger partial charge in [0.2, 0.25) is 11.8 Å². The van der Waals surface area contributed by atoms with E-state index in [1.807, 2.05) is 23.1 Å². The number of carbonyl (C=O) groups is 2. The van der Waals surface area contributed by atoms with E-state index in [0.29, 0.717) is 13.0 Å². The first-order chi connectivity index (χ1) is 10.6. The van der Waals surface area contributed by atoms with Gasteiger partial charge in [-0.2, -0.15) is 0 Å². The molecule has 1 saturated carbocycles. The minimum atomic E-state index is -0.157. The van der Waals surface area contributed by atoms with E-state index in [4.69, 9.17) is 0 Å². The summed E-state index contributed by atoms with van der Waals surface area (Å²) in [6, 6.07) is 5.61. The van der Waals surface area contributed by atoms with E-state index in [2.05, 4.69) is 22.2 Å². The van der Waals surface area contributed by atoms with Crippen LogP contribution in [0.25, 0.3) is 0 Å². The summed E-state index contributed by atoms with van der Waals surface area (Å²) in [5, 5.41) is 2.88. The minimum absolute atomic E-state index is 0.0295. The van der Waals surface area contributed by atoms with Crippen LogP contribution in [0.2, 0.25) is 0 Å². The van der Waals surface area contributed by atoms with Crippen LogP contribution in [0.15, 0.2) is 24.4 Å². The van der Waals surface area contributed by atoms with Crippen molar-refractivity contribution in [2.75, 3.05) is 33.2 Å². The van der Waals surface area contributed by atoms with Crippen molar-refractivity contribution in [1.29, 1.82) is 0 Å². The van der Waals surface area contributed by atoms with Gasteiger partial charge in [0.25, 0.3) is 0 Å². The predicted molar refractivity (Wildman–Crippen MR) is 81.8 cm³/mol. The summed E-state index contributed by atoms with van der Waals surface area (Å²) >= 11 is 0. The molecule has 2 amide bonds. The summed E-state index contributed by atoms with van der Waals surface area (Å²) in [6.45, 7) is 3.79. The highest BCUT2D eigenvalue weighted by Crippen LogP contribution is 2.40. The van der Waals surface area contributed by atoms with Gasteiger partial charge in [-0.1, -0.05) is 6.07 Å². The molecule has 6 nitrogen and oxygen atoms in total.